The Morgan fingerprint density at radius 2 is 2.50 bits per heavy atom. The van der Waals surface area contributed by atoms with Crippen molar-refractivity contribution in [2.45, 2.75) is 17.7 Å². The third-order valence-electron chi connectivity index (χ3n) is 1.31. The van der Waals surface area contributed by atoms with Crippen LogP contribution in [0.3, 0.4) is 0 Å². The van der Waals surface area contributed by atoms with Crippen LogP contribution in [0.5, 0.6) is 0 Å². The lowest BCUT2D eigenvalue weighted by Crippen LogP contribution is -2.20. The number of hydrogen-bond acceptors (Lipinski definition) is 2. The van der Waals surface area contributed by atoms with Gasteiger partial charge in [-0.3, -0.25) is 0 Å². The van der Waals surface area contributed by atoms with Crippen molar-refractivity contribution in [2.75, 3.05) is 13.2 Å². The first kappa shape index (κ1) is 6.57. The van der Waals surface area contributed by atoms with Gasteiger partial charge in [-0.1, -0.05) is 5.79 Å². The fraction of sp³-hybridized carbons (Fsp3) is 1.00. The van der Waals surface area contributed by atoms with Gasteiger partial charge < -0.3 is 8.53 Å². The lowest BCUT2D eigenvalue weighted by atomic mass is 10.9. The molecule has 1 fully saturated rings. The molecule has 0 spiro atoms. The Morgan fingerprint density at radius 3 is 2.88 bits per heavy atom. The summed E-state index contributed by atoms with van der Waals surface area (Å²) in [6, 6.07) is 0. The molecule has 0 amide bonds. The van der Waals surface area contributed by atoms with E-state index in [4.69, 9.17) is 8.53 Å². The van der Waals surface area contributed by atoms with Gasteiger partial charge in [0.1, 0.15) is 0 Å². The summed E-state index contributed by atoms with van der Waals surface area (Å²) >= 11 is -0.887. The minimum atomic E-state index is -0.887. The van der Waals surface area contributed by atoms with Crippen LogP contribution in [0.15, 0.2) is 0 Å². The van der Waals surface area contributed by atoms with Crippen molar-refractivity contribution < 1.29 is 8.53 Å². The lowest BCUT2D eigenvalue weighted by molar-refractivity contribution is 0.327. The van der Waals surface area contributed by atoms with Crippen LogP contribution in [-0.4, -0.2) is 32.7 Å². The molecule has 0 aliphatic carbocycles. The topological polar surface area (TPSA) is 21.8 Å². The van der Waals surface area contributed by atoms with E-state index in [1.54, 1.807) is 0 Å². The Bertz CT molecular complexity index is 72.8. The van der Waals surface area contributed by atoms with Crippen LogP contribution in [0.2, 0.25) is 5.79 Å². The molecule has 2 nitrogen and oxygen atoms in total. The molecule has 0 radical (unpaired) electrons. The summed E-state index contributed by atoms with van der Waals surface area (Å²) in [7, 11) is 0. The van der Waals surface area contributed by atoms with E-state index in [-0.39, 0.29) is 0 Å². The van der Waals surface area contributed by atoms with Crippen molar-refractivity contribution >= 4 is 14.5 Å². The van der Waals surface area contributed by atoms with Gasteiger partial charge in [0, 0.05) is 6.61 Å². The van der Waals surface area contributed by atoms with Crippen molar-refractivity contribution in [3.63, 3.8) is 0 Å². The monoisotopic (exact) mass is 130 g/mol. The smallest absolute Gasteiger partial charge is 0.492 e. The maximum atomic E-state index is 5.38. The predicted octanol–water partition coefficient (Wildman–Crippen LogP) is 0.582. The van der Waals surface area contributed by atoms with Crippen LogP contribution in [0.4, 0.5) is 0 Å². The van der Waals surface area contributed by atoms with Crippen LogP contribution in [-0.2, 0) is 8.53 Å². The van der Waals surface area contributed by atoms with Gasteiger partial charge in [-0.2, -0.15) is 0 Å². The summed E-state index contributed by atoms with van der Waals surface area (Å²) in [5.74, 6) is 2.18. The van der Waals surface area contributed by atoms with Gasteiger partial charge in [0.2, 0.25) is 0 Å². The zero-order valence-corrected chi connectivity index (χ0v) is 6.54. The summed E-state index contributed by atoms with van der Waals surface area (Å²) in [6.07, 6.45) is 0. The first-order valence-corrected chi connectivity index (χ1v) is 5.37. The van der Waals surface area contributed by atoms with Gasteiger partial charge in [-0.25, -0.2) is 0 Å². The van der Waals surface area contributed by atoms with Crippen molar-refractivity contribution in [2.24, 2.45) is 0 Å². The van der Waals surface area contributed by atoms with Gasteiger partial charge in [-0.15, -0.1) is 0 Å². The maximum absolute atomic E-state index is 5.38. The zero-order valence-electron chi connectivity index (χ0n) is 5.39. The number of epoxide rings is 1. The van der Waals surface area contributed by atoms with Crippen LogP contribution in [0, 0.1) is 0 Å². The van der Waals surface area contributed by atoms with E-state index in [1.165, 1.54) is 0 Å². The highest BCUT2D eigenvalue weighted by Crippen LogP contribution is 2.12. The molecule has 1 atom stereocenters. The quantitative estimate of drug-likeness (QED) is 0.412. The molecule has 1 aliphatic rings. The Balaban J connectivity index is 2.03. The van der Waals surface area contributed by atoms with E-state index >= 15 is 0 Å². The fourth-order valence-corrected chi connectivity index (χ4v) is 2.09. The summed E-state index contributed by atoms with van der Waals surface area (Å²) in [5.41, 5.74) is 0. The van der Waals surface area contributed by atoms with Crippen molar-refractivity contribution in [3.05, 3.63) is 0 Å². The Hall–Kier alpha value is 0.452. The van der Waals surface area contributed by atoms with Crippen molar-refractivity contribution in [3.8, 4) is 0 Å². The second kappa shape index (κ2) is 2.84. The molecule has 3 heteroatoms. The van der Waals surface area contributed by atoms with E-state index in [2.05, 4.69) is 5.79 Å². The molecule has 1 rings (SSSR count). The van der Waals surface area contributed by atoms with E-state index in [0.29, 0.717) is 4.97 Å². The molecule has 0 aromatic carbocycles. The molecular weight excluding hydrogens is 119 g/mol. The fourth-order valence-electron chi connectivity index (χ4n) is 0.697. The van der Waals surface area contributed by atoms with E-state index in [9.17, 15) is 0 Å². The summed E-state index contributed by atoms with van der Waals surface area (Å²) in [5, 5.41) is 0. The first-order valence-electron chi connectivity index (χ1n) is 3.07. The molecule has 0 saturated carbocycles. The van der Waals surface area contributed by atoms with Gasteiger partial charge in [0.25, 0.3) is 0 Å². The van der Waals surface area contributed by atoms with E-state index < -0.39 is 14.5 Å². The molecule has 1 saturated heterocycles. The van der Waals surface area contributed by atoms with Crippen LogP contribution in [0.25, 0.3) is 0 Å². The third kappa shape index (κ3) is 1.76. The molecule has 0 aromatic rings. The predicted molar refractivity (Wildman–Crippen MR) is 33.0 cm³/mol. The van der Waals surface area contributed by atoms with Gasteiger partial charge >= 0.3 is 14.5 Å². The number of hydrogen-bond donors (Lipinski definition) is 0. The number of ether oxygens (including phenoxy) is 1. The Morgan fingerprint density at radius 1 is 1.88 bits per heavy atom. The largest absolute Gasteiger partial charge is 0.500 e. The van der Waals surface area contributed by atoms with Crippen LogP contribution in [0.1, 0.15) is 6.92 Å². The summed E-state index contributed by atoms with van der Waals surface area (Å²) in [4.78, 5) is 0.537. The minimum Gasteiger partial charge on any atom is -0.500 e. The molecule has 0 N–H and O–H groups in total. The molecule has 0 aromatic heterocycles. The normalized spacial score (nSPS) is 25.5. The average molecular weight is 130 g/mol. The highest BCUT2D eigenvalue weighted by atomic mass is 27.2. The molecule has 0 bridgehead atoms. The van der Waals surface area contributed by atoms with Gasteiger partial charge in [0.05, 0.1) is 11.6 Å². The molecule has 1 heterocycles. The average Bonchev–Trinajstić information content (AvgIpc) is 2.45. The summed E-state index contributed by atoms with van der Waals surface area (Å²) in [6.45, 7) is 3.84. The van der Waals surface area contributed by atoms with Gasteiger partial charge in [-0.05, 0) is 6.92 Å². The molecule has 1 aliphatic heterocycles. The maximum Gasteiger partial charge on any atom is 0.492 e. The third-order valence-corrected chi connectivity index (χ3v) is 3.60. The molecule has 46 valence electrons. The Kier molecular flexibility index (Phi) is 2.33. The first-order chi connectivity index (χ1) is 3.84. The van der Waals surface area contributed by atoms with Crippen molar-refractivity contribution in [1.29, 1.82) is 0 Å². The Labute approximate surface area is 54.5 Å². The van der Waals surface area contributed by atoms with Gasteiger partial charge in [0.15, 0.2) is 0 Å². The highest BCUT2D eigenvalue weighted by Gasteiger charge is 2.36. The SMILES string of the molecule is CC[O][Al]([CH3])[CH]1CO1. The van der Waals surface area contributed by atoms with Crippen molar-refractivity contribution in [1.82, 2.24) is 0 Å². The standard InChI is InChI=1S/C2H3O.C2H5O.CH3.Al/c1-2-3-1;1-2-3;;/h1H,2H2;2H2,1H3;1H3;/q;-1;;+1. The highest BCUT2D eigenvalue weighted by molar-refractivity contribution is 6.52. The van der Waals surface area contributed by atoms with E-state index in [0.717, 1.165) is 13.2 Å². The van der Waals surface area contributed by atoms with E-state index in [1.807, 2.05) is 6.92 Å². The minimum absolute atomic E-state index is 0.537. The number of rotatable bonds is 3. The molecular formula is C5H11AlO2. The molecule has 8 heavy (non-hydrogen) atoms. The second-order valence-corrected chi connectivity index (χ2v) is 4.52. The lowest BCUT2D eigenvalue weighted by Gasteiger charge is -1.99. The van der Waals surface area contributed by atoms with Crippen LogP contribution < -0.4 is 0 Å². The summed E-state index contributed by atoms with van der Waals surface area (Å²) < 4.78 is 10.4. The van der Waals surface area contributed by atoms with Crippen LogP contribution >= 0.6 is 0 Å². The zero-order chi connectivity index (χ0) is 5.98. The second-order valence-electron chi connectivity index (χ2n) is 2.03. The molecule has 1 unspecified atom stereocenters.